The lowest BCUT2D eigenvalue weighted by Crippen LogP contribution is -2.35. The summed E-state index contributed by atoms with van der Waals surface area (Å²) in [5.41, 5.74) is 5.46. The van der Waals surface area contributed by atoms with Crippen LogP contribution in [0.2, 0.25) is 0 Å². The van der Waals surface area contributed by atoms with E-state index in [-0.39, 0.29) is 42.0 Å². The lowest BCUT2D eigenvalue weighted by atomic mass is 10.2. The Hall–Kier alpha value is -1.84. The van der Waals surface area contributed by atoms with Gasteiger partial charge < -0.3 is 11.1 Å². The van der Waals surface area contributed by atoms with E-state index in [1.807, 2.05) is 0 Å². The number of hydrogen-bond donors (Lipinski definition) is 3. The van der Waals surface area contributed by atoms with E-state index in [0.717, 1.165) is 12.1 Å². The van der Waals surface area contributed by atoms with Crippen LogP contribution >= 0.6 is 0 Å². The topological polar surface area (TPSA) is 74.3 Å². The number of nitrogens with two attached hydrogens (primary N) is 1. The quantitative estimate of drug-likeness (QED) is 0.515. The fourth-order valence-electron chi connectivity index (χ4n) is 0.855. The predicted molar refractivity (Wildman–Crippen MR) is 63.2 cm³/mol. The number of guanidine groups is 1. The summed E-state index contributed by atoms with van der Waals surface area (Å²) in [5, 5.41) is 9.60. The molecule has 0 bridgehead atoms. The molecule has 0 aliphatic rings. The van der Waals surface area contributed by atoms with E-state index in [2.05, 4.69) is 10.3 Å². The zero-order valence-electron chi connectivity index (χ0n) is 13.4. The average Bonchev–Trinajstić information content (AvgIpc) is 2.30. The summed E-state index contributed by atoms with van der Waals surface area (Å²) >= 11 is 0. The van der Waals surface area contributed by atoms with Crippen LogP contribution in [0.25, 0.3) is 0 Å². The van der Waals surface area contributed by atoms with Gasteiger partial charge in [-0.2, -0.15) is 0 Å². The molecule has 0 saturated carbocycles. The highest BCUT2D eigenvalue weighted by Gasteiger charge is 1.92. The maximum absolute atomic E-state index is 7.91. The number of aliphatic imine (C=N–C) groups is 1. The Kier molecular flexibility index (Phi) is 2.28. The molecule has 4 N–H and O–H groups in total. The van der Waals surface area contributed by atoms with Gasteiger partial charge in [0.05, 0.1) is 9.95 Å². The third-order valence-electron chi connectivity index (χ3n) is 1.43. The lowest BCUT2D eigenvalue weighted by molar-refractivity contribution is 0.955. The van der Waals surface area contributed by atoms with Crippen LogP contribution < -0.4 is 11.1 Å². The molecule has 0 unspecified atom stereocenters. The van der Waals surface area contributed by atoms with Gasteiger partial charge >= 0.3 is 0 Å². The maximum Gasteiger partial charge on any atom is 0.194 e. The summed E-state index contributed by atoms with van der Waals surface area (Å²) in [6, 6.07) is 1.86. The van der Waals surface area contributed by atoms with Gasteiger partial charge in [-0.15, -0.1) is 0 Å². The van der Waals surface area contributed by atoms with Crippen molar-refractivity contribution in [2.24, 2.45) is 10.7 Å². The van der Waals surface area contributed by atoms with Gasteiger partial charge in [0, 0.05) is 9.29 Å². The first-order valence-electron chi connectivity index (χ1n) is 6.84. The summed E-state index contributed by atoms with van der Waals surface area (Å²) in [7, 11) is 0. The minimum absolute atomic E-state index is 0.0124. The van der Waals surface area contributed by atoms with E-state index in [9.17, 15) is 0 Å². The van der Waals surface area contributed by atoms with E-state index in [1.165, 1.54) is 6.92 Å². The van der Waals surface area contributed by atoms with Crippen molar-refractivity contribution in [2.45, 2.75) is 13.3 Å². The molecule has 0 aliphatic carbocycles. The van der Waals surface area contributed by atoms with Crippen LogP contribution in [0, 0.1) is 5.41 Å². The van der Waals surface area contributed by atoms with E-state index >= 15 is 0 Å². The number of nitrogens with zero attached hydrogens (tertiary/aromatic N) is 1. The van der Waals surface area contributed by atoms with Gasteiger partial charge in [0.2, 0.25) is 0 Å². The van der Waals surface area contributed by atoms with Crippen LogP contribution in [-0.2, 0) is 6.37 Å². The van der Waals surface area contributed by atoms with Crippen molar-refractivity contribution < 1.29 is 6.85 Å². The van der Waals surface area contributed by atoms with E-state index in [4.69, 9.17) is 18.0 Å². The Labute approximate surface area is 96.8 Å². The third kappa shape index (κ3) is 4.81. The molecule has 1 aromatic carbocycles. The molecule has 0 spiro atoms. The van der Waals surface area contributed by atoms with Gasteiger partial charge in [0.25, 0.3) is 0 Å². The second-order valence-corrected chi connectivity index (χ2v) is 2.76. The monoisotopic (exact) mass is 209 g/mol. The SMILES string of the molecule is [2H]c1cc([2H])c(C([2H])([2H])CN=C(N)NC(C)=N)cc1[2H]. The summed E-state index contributed by atoms with van der Waals surface area (Å²) in [5.74, 6) is -0.00360. The van der Waals surface area contributed by atoms with E-state index in [1.54, 1.807) is 0 Å². The molecule has 15 heavy (non-hydrogen) atoms. The highest BCUT2D eigenvalue weighted by Crippen LogP contribution is 1.98. The first-order chi connectivity index (χ1) is 9.13. The zero-order chi connectivity index (χ0) is 15.5. The first kappa shape index (κ1) is 5.90. The average molecular weight is 209 g/mol. The Morgan fingerprint density at radius 3 is 3.27 bits per heavy atom. The van der Waals surface area contributed by atoms with Crippen molar-refractivity contribution in [2.75, 3.05) is 6.54 Å². The minimum atomic E-state index is -1.98. The van der Waals surface area contributed by atoms with Crippen LogP contribution in [0.4, 0.5) is 0 Å². The number of benzene rings is 1. The van der Waals surface area contributed by atoms with Gasteiger partial charge in [-0.25, -0.2) is 0 Å². The Morgan fingerprint density at radius 2 is 2.53 bits per heavy atom. The molecular formula is C11H16N4. The second kappa shape index (κ2) is 5.80. The van der Waals surface area contributed by atoms with Gasteiger partial charge in [0.1, 0.15) is 0 Å². The molecule has 0 radical (unpaired) electrons. The normalized spacial score (nSPS) is 16.9. The highest BCUT2D eigenvalue weighted by molar-refractivity contribution is 5.96. The molecule has 0 aromatic heterocycles. The standard InChI is InChI=1S/C11H16N4/c1-9(12)15-11(13)14-8-7-10-5-3-2-4-6-10/h2-6H,7-8H2,1H3,(H4,12,13,14,15)/i2D,3D,6D,7D2. The number of rotatable bonds is 3. The van der Waals surface area contributed by atoms with Crippen molar-refractivity contribution in [3.63, 3.8) is 0 Å². The van der Waals surface area contributed by atoms with E-state index < -0.39 is 6.37 Å². The van der Waals surface area contributed by atoms with Gasteiger partial charge in [-0.1, -0.05) is 30.3 Å². The second-order valence-electron chi connectivity index (χ2n) is 2.76. The fourth-order valence-corrected chi connectivity index (χ4v) is 0.855. The number of nitrogens with one attached hydrogen (secondary N) is 2. The third-order valence-corrected chi connectivity index (χ3v) is 1.43. The Balaban J connectivity index is 2.99. The Bertz CT molecular complexity index is 556. The summed E-state index contributed by atoms with van der Waals surface area (Å²) in [4.78, 5) is 3.78. The van der Waals surface area contributed by atoms with Crippen LogP contribution in [0.5, 0.6) is 0 Å². The van der Waals surface area contributed by atoms with E-state index in [0.29, 0.717) is 0 Å². The van der Waals surface area contributed by atoms with Crippen LogP contribution in [-0.4, -0.2) is 18.3 Å². The number of amidine groups is 1. The van der Waals surface area contributed by atoms with Crippen molar-refractivity contribution in [3.8, 4) is 0 Å². The van der Waals surface area contributed by atoms with Crippen LogP contribution in [0.1, 0.15) is 19.3 Å². The Morgan fingerprint density at radius 1 is 1.73 bits per heavy atom. The van der Waals surface area contributed by atoms with Crippen LogP contribution in [0.15, 0.2) is 35.3 Å². The summed E-state index contributed by atoms with van der Waals surface area (Å²) in [6.45, 7) is 1.13. The molecule has 1 rings (SSSR count). The highest BCUT2D eigenvalue weighted by atomic mass is 15.1. The van der Waals surface area contributed by atoms with Gasteiger partial charge in [0.15, 0.2) is 5.96 Å². The molecular weight excluding hydrogens is 188 g/mol. The maximum atomic E-state index is 7.91. The molecule has 0 heterocycles. The molecule has 0 atom stereocenters. The molecule has 4 nitrogen and oxygen atoms in total. The molecule has 80 valence electrons. The summed E-state index contributed by atoms with van der Waals surface area (Å²) in [6.07, 6.45) is -1.98. The zero-order valence-corrected chi connectivity index (χ0v) is 8.39. The van der Waals surface area contributed by atoms with Gasteiger partial charge in [-0.05, 0) is 18.9 Å². The van der Waals surface area contributed by atoms with Crippen LogP contribution in [0.3, 0.4) is 0 Å². The molecule has 0 fully saturated rings. The molecule has 0 amide bonds. The molecule has 0 aliphatic heterocycles. The smallest absolute Gasteiger partial charge is 0.194 e. The van der Waals surface area contributed by atoms with Crippen molar-refractivity contribution in [3.05, 3.63) is 35.8 Å². The fraction of sp³-hybridized carbons (Fsp3) is 0.273. The molecule has 0 saturated heterocycles. The first-order valence-corrected chi connectivity index (χ1v) is 4.34. The summed E-state index contributed by atoms with van der Waals surface area (Å²) < 4.78 is 38.4. The molecule has 4 heteroatoms. The predicted octanol–water partition coefficient (Wildman–Crippen LogP) is 1.13. The van der Waals surface area contributed by atoms with Crippen molar-refractivity contribution in [1.82, 2.24) is 5.32 Å². The molecule has 1 aromatic rings. The minimum Gasteiger partial charge on any atom is -0.370 e. The van der Waals surface area contributed by atoms with Crippen molar-refractivity contribution >= 4 is 11.8 Å². The van der Waals surface area contributed by atoms with Crippen molar-refractivity contribution in [1.29, 1.82) is 5.41 Å². The van der Waals surface area contributed by atoms with Gasteiger partial charge in [-0.3, -0.25) is 10.4 Å². The lowest BCUT2D eigenvalue weighted by Gasteiger charge is -2.02. The number of hydrogen-bond acceptors (Lipinski definition) is 2. The largest absolute Gasteiger partial charge is 0.370 e.